The highest BCUT2D eigenvalue weighted by Crippen LogP contribution is 1.87. The fourth-order valence-corrected chi connectivity index (χ4v) is 0.673. The van der Waals surface area contributed by atoms with Gasteiger partial charge in [0.1, 0.15) is 0 Å². The summed E-state index contributed by atoms with van der Waals surface area (Å²) in [5, 5.41) is 0. The van der Waals surface area contributed by atoms with Gasteiger partial charge in [-0.2, -0.15) is 0 Å². The molecule has 0 unspecified atom stereocenters. The molecule has 0 aromatic heterocycles. The second-order valence-corrected chi connectivity index (χ2v) is 2.14. The highest BCUT2D eigenvalue weighted by atomic mass is 16.6. The molecule has 0 saturated carbocycles. The second kappa shape index (κ2) is 3.87. The molecule has 4 heteroatoms. The molecule has 51 valence electrons. The Kier molecular flexibility index (Phi) is 3.04. The van der Waals surface area contributed by atoms with E-state index in [1.165, 1.54) is 7.69 Å². The number of likely N-dealkylation sites (N-methyl/N-ethyl adjacent to an activating group) is 1. The van der Waals surface area contributed by atoms with E-state index < -0.39 is 0 Å². The molecule has 0 N–H and O–H groups in total. The Morgan fingerprint density at radius 1 is 1.22 bits per heavy atom. The Morgan fingerprint density at radius 3 is 2.33 bits per heavy atom. The molecule has 1 aliphatic rings. The van der Waals surface area contributed by atoms with Crippen molar-refractivity contribution < 1.29 is 9.31 Å². The molecule has 1 saturated heterocycles. The van der Waals surface area contributed by atoms with Crippen LogP contribution in [0.3, 0.4) is 0 Å². The summed E-state index contributed by atoms with van der Waals surface area (Å²) >= 11 is 0. The van der Waals surface area contributed by atoms with Crippen LogP contribution in [-0.2, 0) is 9.31 Å². The minimum atomic E-state index is 0.733. The molecule has 9 heavy (non-hydrogen) atoms. The van der Waals surface area contributed by atoms with E-state index in [1.807, 2.05) is 0 Å². The van der Waals surface area contributed by atoms with Gasteiger partial charge in [0.05, 0.1) is 0 Å². The van der Waals surface area contributed by atoms with Gasteiger partial charge in [0.25, 0.3) is 0 Å². The van der Waals surface area contributed by atoms with Crippen molar-refractivity contribution in [3.8, 4) is 0 Å². The van der Waals surface area contributed by atoms with E-state index in [9.17, 15) is 0 Å². The van der Waals surface area contributed by atoms with Gasteiger partial charge in [0, 0.05) is 26.3 Å². The maximum absolute atomic E-state index is 4.96. The van der Waals surface area contributed by atoms with Crippen molar-refractivity contribution >= 4 is 7.69 Å². The van der Waals surface area contributed by atoms with E-state index in [2.05, 4.69) is 11.9 Å². The van der Waals surface area contributed by atoms with E-state index in [0.29, 0.717) is 0 Å². The fourth-order valence-electron chi connectivity index (χ4n) is 0.673. The maximum Gasteiger partial charge on any atom is 0.488 e. The molecular formula is C5H11BNO2. The van der Waals surface area contributed by atoms with Gasteiger partial charge >= 0.3 is 7.69 Å². The van der Waals surface area contributed by atoms with Crippen LogP contribution >= 0.6 is 0 Å². The third kappa shape index (κ3) is 2.84. The lowest BCUT2D eigenvalue weighted by Gasteiger charge is -2.18. The molecule has 1 heterocycles. The van der Waals surface area contributed by atoms with Crippen LogP contribution in [0.4, 0.5) is 0 Å². The van der Waals surface area contributed by atoms with Crippen LogP contribution in [0, 0.1) is 0 Å². The predicted octanol–water partition coefficient (Wildman–Crippen LogP) is -0.501. The number of nitrogens with zero attached hydrogens (tertiary/aromatic N) is 1. The van der Waals surface area contributed by atoms with Gasteiger partial charge in [-0.3, -0.25) is 0 Å². The van der Waals surface area contributed by atoms with Gasteiger partial charge < -0.3 is 14.2 Å². The Balaban J connectivity index is 2.12. The molecule has 0 atom stereocenters. The first-order valence-electron chi connectivity index (χ1n) is 3.13. The zero-order valence-electron chi connectivity index (χ0n) is 5.67. The maximum atomic E-state index is 4.96. The van der Waals surface area contributed by atoms with Crippen molar-refractivity contribution in [3.63, 3.8) is 0 Å². The van der Waals surface area contributed by atoms with Crippen molar-refractivity contribution in [2.45, 2.75) is 0 Å². The van der Waals surface area contributed by atoms with Gasteiger partial charge in [-0.1, -0.05) is 0 Å². The molecule has 1 rings (SSSR count). The van der Waals surface area contributed by atoms with Gasteiger partial charge in [0.2, 0.25) is 0 Å². The first kappa shape index (κ1) is 7.06. The standard InChI is InChI=1S/C5H11BNO2/c1-7-2-4-8-6-9-5-3-7/h2-5H2,1H3. The third-order valence-electron chi connectivity index (χ3n) is 1.32. The summed E-state index contributed by atoms with van der Waals surface area (Å²) in [4.78, 5) is 2.17. The minimum Gasteiger partial charge on any atom is -0.412 e. The molecule has 1 fully saturated rings. The minimum absolute atomic E-state index is 0.733. The quantitative estimate of drug-likeness (QED) is 0.410. The third-order valence-corrected chi connectivity index (χ3v) is 1.32. The molecule has 3 nitrogen and oxygen atoms in total. The van der Waals surface area contributed by atoms with Crippen LogP contribution < -0.4 is 0 Å². The molecule has 0 bridgehead atoms. The normalized spacial score (nSPS) is 24.1. The molecule has 0 aromatic rings. The molecule has 0 aromatic carbocycles. The number of hydrogen-bond acceptors (Lipinski definition) is 3. The summed E-state index contributed by atoms with van der Waals surface area (Å²) in [7, 11) is 3.48. The monoisotopic (exact) mass is 128 g/mol. The average molecular weight is 128 g/mol. The lowest BCUT2D eigenvalue weighted by molar-refractivity contribution is 0.141. The number of hydrogen-bond donors (Lipinski definition) is 0. The topological polar surface area (TPSA) is 21.7 Å². The van der Waals surface area contributed by atoms with Crippen molar-refractivity contribution in [2.24, 2.45) is 0 Å². The van der Waals surface area contributed by atoms with E-state index >= 15 is 0 Å². The summed E-state index contributed by atoms with van der Waals surface area (Å²) in [6.45, 7) is 3.44. The highest BCUT2D eigenvalue weighted by molar-refractivity contribution is 6.17. The van der Waals surface area contributed by atoms with Gasteiger partial charge in [-0.05, 0) is 7.05 Å². The van der Waals surface area contributed by atoms with Crippen LogP contribution in [0.2, 0.25) is 0 Å². The Labute approximate surface area is 56.2 Å². The van der Waals surface area contributed by atoms with Crippen LogP contribution in [0.15, 0.2) is 0 Å². The average Bonchev–Trinajstić information content (AvgIpc) is 1.79. The van der Waals surface area contributed by atoms with E-state index in [4.69, 9.17) is 9.31 Å². The van der Waals surface area contributed by atoms with Crippen molar-refractivity contribution in [2.75, 3.05) is 33.4 Å². The van der Waals surface area contributed by atoms with Crippen LogP contribution in [0.1, 0.15) is 0 Å². The Bertz CT molecular complexity index is 73.4. The van der Waals surface area contributed by atoms with Gasteiger partial charge in [-0.25, -0.2) is 0 Å². The summed E-state index contributed by atoms with van der Waals surface area (Å²) in [5.41, 5.74) is 0. The smallest absolute Gasteiger partial charge is 0.412 e. The summed E-state index contributed by atoms with van der Waals surface area (Å²) < 4.78 is 9.91. The fraction of sp³-hybridized carbons (Fsp3) is 1.00. The van der Waals surface area contributed by atoms with Crippen LogP contribution in [-0.4, -0.2) is 45.9 Å². The summed E-state index contributed by atoms with van der Waals surface area (Å²) in [5.74, 6) is 0. The van der Waals surface area contributed by atoms with Crippen molar-refractivity contribution in [1.29, 1.82) is 0 Å². The molecule has 1 aliphatic heterocycles. The number of rotatable bonds is 0. The largest absolute Gasteiger partial charge is 0.488 e. The van der Waals surface area contributed by atoms with E-state index in [1.54, 1.807) is 0 Å². The Morgan fingerprint density at radius 2 is 1.78 bits per heavy atom. The zero-order chi connectivity index (χ0) is 6.53. The van der Waals surface area contributed by atoms with E-state index in [-0.39, 0.29) is 0 Å². The van der Waals surface area contributed by atoms with Gasteiger partial charge in [-0.15, -0.1) is 0 Å². The zero-order valence-corrected chi connectivity index (χ0v) is 5.67. The molecule has 0 amide bonds. The van der Waals surface area contributed by atoms with E-state index in [0.717, 1.165) is 26.3 Å². The highest BCUT2D eigenvalue weighted by Gasteiger charge is 2.03. The first-order chi connectivity index (χ1) is 4.39. The van der Waals surface area contributed by atoms with Crippen LogP contribution in [0.5, 0.6) is 0 Å². The summed E-state index contributed by atoms with van der Waals surface area (Å²) in [6, 6.07) is 0. The Hall–Kier alpha value is -0.0551. The van der Waals surface area contributed by atoms with Crippen molar-refractivity contribution in [3.05, 3.63) is 0 Å². The molecule has 0 spiro atoms. The molecule has 0 aliphatic carbocycles. The van der Waals surface area contributed by atoms with Crippen LogP contribution in [0.25, 0.3) is 0 Å². The lowest BCUT2D eigenvalue weighted by atomic mass is 10.3. The lowest BCUT2D eigenvalue weighted by Crippen LogP contribution is -2.31. The second-order valence-electron chi connectivity index (χ2n) is 2.14. The predicted molar refractivity (Wildman–Crippen MR) is 35.2 cm³/mol. The molecule has 1 radical (unpaired) electrons. The molecular weight excluding hydrogens is 117 g/mol. The summed E-state index contributed by atoms with van der Waals surface area (Å²) in [6.07, 6.45) is 0. The SMILES string of the molecule is CN1CCO[B]OCC1. The van der Waals surface area contributed by atoms with Crippen molar-refractivity contribution in [1.82, 2.24) is 4.90 Å². The van der Waals surface area contributed by atoms with Gasteiger partial charge in [0.15, 0.2) is 0 Å². The first-order valence-corrected chi connectivity index (χ1v) is 3.13.